The molecule has 0 fully saturated rings. The van der Waals surface area contributed by atoms with Crippen molar-refractivity contribution in [2.75, 3.05) is 7.11 Å². The van der Waals surface area contributed by atoms with E-state index in [2.05, 4.69) is 10.5 Å². The van der Waals surface area contributed by atoms with Crippen LogP contribution < -0.4 is 14.9 Å². The highest BCUT2D eigenvalue weighted by atomic mass is 35.5. The fraction of sp³-hybridized carbons (Fsp3) is 0.217. The first kappa shape index (κ1) is 20.7. The summed E-state index contributed by atoms with van der Waals surface area (Å²) >= 11 is 6.35. The Hall–Kier alpha value is -3.05. The molecule has 3 rings (SSSR count). The van der Waals surface area contributed by atoms with E-state index in [9.17, 15) is 4.79 Å². The van der Waals surface area contributed by atoms with Crippen LogP contribution in [-0.4, -0.2) is 25.3 Å². The van der Waals surface area contributed by atoms with Crippen LogP contribution in [0.4, 0.5) is 0 Å². The summed E-state index contributed by atoms with van der Waals surface area (Å²) in [7, 11) is 1.55. The number of carbonyl (C=O) groups excluding carboxylic acids is 1. The molecular weight excluding hydrogens is 388 g/mol. The van der Waals surface area contributed by atoms with E-state index in [0.29, 0.717) is 27.6 Å². The van der Waals surface area contributed by atoms with Gasteiger partial charge in [-0.3, -0.25) is 4.79 Å². The van der Waals surface area contributed by atoms with Gasteiger partial charge < -0.3 is 9.47 Å². The molecular formula is C23H23ClN2O3. The standard InChI is InChI=1S/C23H23ClN2O3/c1-4-15(2)29-22-20(24)11-16(12-21(22)28-3)14-25-26-23(27)19-10-9-17-7-5-6-8-18(17)13-19/h5-15H,4H2,1-3H3,(H,26,27). The lowest BCUT2D eigenvalue weighted by Crippen LogP contribution is -2.17. The molecule has 0 heterocycles. The summed E-state index contributed by atoms with van der Waals surface area (Å²) in [4.78, 5) is 12.4. The number of hydrogen-bond donors (Lipinski definition) is 1. The van der Waals surface area contributed by atoms with E-state index in [4.69, 9.17) is 21.1 Å². The van der Waals surface area contributed by atoms with Crippen molar-refractivity contribution >= 4 is 34.5 Å². The normalized spacial score (nSPS) is 12.1. The maximum Gasteiger partial charge on any atom is 0.271 e. The maximum absolute atomic E-state index is 12.4. The van der Waals surface area contributed by atoms with Crippen molar-refractivity contribution in [3.8, 4) is 11.5 Å². The Morgan fingerprint density at radius 2 is 1.93 bits per heavy atom. The molecule has 3 aromatic rings. The molecule has 0 aliphatic heterocycles. The third-order valence-corrected chi connectivity index (χ3v) is 4.82. The number of hydrazone groups is 1. The molecule has 0 aliphatic rings. The first-order chi connectivity index (χ1) is 14.0. The van der Waals surface area contributed by atoms with E-state index >= 15 is 0 Å². The molecule has 0 radical (unpaired) electrons. The Balaban J connectivity index is 1.73. The minimum Gasteiger partial charge on any atom is -0.493 e. The van der Waals surface area contributed by atoms with Crippen LogP contribution in [0.5, 0.6) is 11.5 Å². The average molecular weight is 411 g/mol. The second-order valence-electron chi connectivity index (χ2n) is 6.63. The smallest absolute Gasteiger partial charge is 0.271 e. The van der Waals surface area contributed by atoms with Crippen LogP contribution in [-0.2, 0) is 0 Å². The summed E-state index contributed by atoms with van der Waals surface area (Å²) in [5.74, 6) is 0.725. The number of rotatable bonds is 7. The minimum atomic E-state index is -0.290. The second kappa shape index (κ2) is 9.43. The third kappa shape index (κ3) is 5.06. The van der Waals surface area contributed by atoms with Crippen LogP contribution >= 0.6 is 11.6 Å². The van der Waals surface area contributed by atoms with Gasteiger partial charge in [-0.15, -0.1) is 0 Å². The lowest BCUT2D eigenvalue weighted by atomic mass is 10.1. The number of methoxy groups -OCH3 is 1. The van der Waals surface area contributed by atoms with E-state index in [0.717, 1.165) is 17.2 Å². The monoisotopic (exact) mass is 410 g/mol. The lowest BCUT2D eigenvalue weighted by Gasteiger charge is -2.17. The molecule has 0 spiro atoms. The van der Waals surface area contributed by atoms with Crippen LogP contribution in [0.25, 0.3) is 10.8 Å². The largest absolute Gasteiger partial charge is 0.493 e. The summed E-state index contributed by atoms with van der Waals surface area (Å²) in [5.41, 5.74) is 3.76. The quantitative estimate of drug-likeness (QED) is 0.416. The summed E-state index contributed by atoms with van der Waals surface area (Å²) in [6, 6.07) is 16.9. The number of benzene rings is 3. The summed E-state index contributed by atoms with van der Waals surface area (Å²) in [6.45, 7) is 4.00. The summed E-state index contributed by atoms with van der Waals surface area (Å²) in [6.07, 6.45) is 2.38. The molecule has 0 aliphatic carbocycles. The van der Waals surface area contributed by atoms with Crippen molar-refractivity contribution in [3.63, 3.8) is 0 Å². The number of amides is 1. The van der Waals surface area contributed by atoms with Crippen molar-refractivity contribution < 1.29 is 14.3 Å². The first-order valence-corrected chi connectivity index (χ1v) is 9.76. The highest BCUT2D eigenvalue weighted by Crippen LogP contribution is 2.37. The Labute approximate surface area is 175 Å². The van der Waals surface area contributed by atoms with Gasteiger partial charge in [-0.1, -0.05) is 48.9 Å². The third-order valence-electron chi connectivity index (χ3n) is 4.54. The molecule has 29 heavy (non-hydrogen) atoms. The van der Waals surface area contributed by atoms with Gasteiger partial charge in [-0.05, 0) is 53.9 Å². The fourth-order valence-corrected chi connectivity index (χ4v) is 3.04. The number of halogens is 1. The van der Waals surface area contributed by atoms with Gasteiger partial charge in [0.2, 0.25) is 0 Å². The van der Waals surface area contributed by atoms with E-state index < -0.39 is 0 Å². The van der Waals surface area contributed by atoms with Gasteiger partial charge in [-0.2, -0.15) is 5.10 Å². The molecule has 6 heteroatoms. The average Bonchev–Trinajstić information content (AvgIpc) is 2.74. The van der Waals surface area contributed by atoms with Crippen molar-refractivity contribution in [2.45, 2.75) is 26.4 Å². The van der Waals surface area contributed by atoms with Gasteiger partial charge in [0.15, 0.2) is 11.5 Å². The Kier molecular flexibility index (Phi) is 6.73. The Bertz CT molecular complexity index is 1050. The van der Waals surface area contributed by atoms with E-state index in [1.54, 1.807) is 25.3 Å². The van der Waals surface area contributed by atoms with Crippen LogP contribution in [0.3, 0.4) is 0 Å². The zero-order valence-electron chi connectivity index (χ0n) is 16.6. The van der Waals surface area contributed by atoms with Crippen LogP contribution in [0, 0.1) is 0 Å². The molecule has 1 N–H and O–H groups in total. The van der Waals surface area contributed by atoms with Gasteiger partial charge in [0, 0.05) is 5.56 Å². The molecule has 0 saturated heterocycles. The molecule has 0 bridgehead atoms. The molecule has 5 nitrogen and oxygen atoms in total. The van der Waals surface area contributed by atoms with Gasteiger partial charge in [0.25, 0.3) is 5.91 Å². The Morgan fingerprint density at radius 3 is 2.66 bits per heavy atom. The predicted octanol–water partition coefficient (Wildman–Crippen LogP) is 5.44. The molecule has 0 saturated carbocycles. The van der Waals surface area contributed by atoms with Crippen molar-refractivity contribution in [2.24, 2.45) is 5.10 Å². The van der Waals surface area contributed by atoms with E-state index in [1.807, 2.05) is 50.2 Å². The van der Waals surface area contributed by atoms with Gasteiger partial charge in [0.05, 0.1) is 24.5 Å². The minimum absolute atomic E-state index is 0.0159. The van der Waals surface area contributed by atoms with E-state index in [-0.39, 0.29) is 12.0 Å². The highest BCUT2D eigenvalue weighted by Gasteiger charge is 2.14. The number of carbonyl (C=O) groups is 1. The molecule has 1 unspecified atom stereocenters. The molecule has 150 valence electrons. The Morgan fingerprint density at radius 1 is 1.17 bits per heavy atom. The zero-order chi connectivity index (χ0) is 20.8. The van der Waals surface area contributed by atoms with Crippen molar-refractivity contribution in [1.29, 1.82) is 0 Å². The highest BCUT2D eigenvalue weighted by molar-refractivity contribution is 6.32. The fourth-order valence-electron chi connectivity index (χ4n) is 2.77. The number of nitrogens with zero attached hydrogens (tertiary/aromatic N) is 1. The molecule has 3 aromatic carbocycles. The van der Waals surface area contributed by atoms with Crippen LogP contribution in [0.2, 0.25) is 5.02 Å². The second-order valence-corrected chi connectivity index (χ2v) is 7.04. The molecule has 1 atom stereocenters. The number of hydrogen-bond acceptors (Lipinski definition) is 4. The van der Waals surface area contributed by atoms with Gasteiger partial charge in [0.1, 0.15) is 0 Å². The van der Waals surface area contributed by atoms with Gasteiger partial charge >= 0.3 is 0 Å². The first-order valence-electron chi connectivity index (χ1n) is 9.38. The number of ether oxygens (including phenoxy) is 2. The van der Waals surface area contributed by atoms with Crippen LogP contribution in [0.1, 0.15) is 36.2 Å². The van der Waals surface area contributed by atoms with Crippen LogP contribution in [0.15, 0.2) is 59.7 Å². The summed E-state index contributed by atoms with van der Waals surface area (Å²) in [5, 5.41) is 6.54. The van der Waals surface area contributed by atoms with Crippen molar-refractivity contribution in [1.82, 2.24) is 5.43 Å². The zero-order valence-corrected chi connectivity index (χ0v) is 17.4. The number of fused-ring (bicyclic) bond motifs is 1. The number of nitrogens with one attached hydrogen (secondary N) is 1. The molecule has 0 aromatic heterocycles. The SMILES string of the molecule is CCC(C)Oc1c(Cl)cc(C=NNC(=O)c2ccc3ccccc3c2)cc1OC. The summed E-state index contributed by atoms with van der Waals surface area (Å²) < 4.78 is 11.2. The van der Waals surface area contributed by atoms with Gasteiger partial charge in [-0.25, -0.2) is 5.43 Å². The topological polar surface area (TPSA) is 59.9 Å². The molecule has 1 amide bonds. The van der Waals surface area contributed by atoms with Crippen molar-refractivity contribution in [3.05, 3.63) is 70.7 Å². The lowest BCUT2D eigenvalue weighted by molar-refractivity contribution is 0.0955. The van der Waals surface area contributed by atoms with E-state index in [1.165, 1.54) is 6.21 Å². The maximum atomic E-state index is 12.4. The predicted molar refractivity (Wildman–Crippen MR) is 117 cm³/mol.